The number of fused-ring (bicyclic) bond motifs is 3. The summed E-state index contributed by atoms with van der Waals surface area (Å²) in [7, 11) is 0. The molecule has 0 heteroatoms. The molecule has 0 bridgehead atoms. The highest BCUT2D eigenvalue weighted by Gasteiger charge is 2.33. The SMILES string of the molecule is CCC(C)C1CC(C)C(C)c2ccc3ccccc3c21. The number of rotatable bonds is 2. The standard InChI is InChI=1S/C20H26/c1-5-13(2)19-12-14(3)15(4)17-11-10-16-8-6-7-9-18(16)20(17)19/h6-11,13-15,19H,5,12H2,1-4H3. The lowest BCUT2D eigenvalue weighted by molar-refractivity contribution is 0.313. The zero-order chi connectivity index (χ0) is 14.3. The molecule has 0 saturated carbocycles. The van der Waals surface area contributed by atoms with E-state index in [-0.39, 0.29) is 0 Å². The van der Waals surface area contributed by atoms with Crippen LogP contribution in [-0.2, 0) is 0 Å². The molecule has 0 nitrogen and oxygen atoms in total. The largest absolute Gasteiger partial charge is 0.0651 e. The van der Waals surface area contributed by atoms with Crippen molar-refractivity contribution in [2.75, 3.05) is 0 Å². The van der Waals surface area contributed by atoms with Crippen molar-refractivity contribution in [2.24, 2.45) is 11.8 Å². The molecule has 0 N–H and O–H groups in total. The lowest BCUT2D eigenvalue weighted by atomic mass is 9.66. The summed E-state index contributed by atoms with van der Waals surface area (Å²) < 4.78 is 0. The van der Waals surface area contributed by atoms with Gasteiger partial charge in [-0.1, -0.05) is 70.5 Å². The molecule has 0 amide bonds. The van der Waals surface area contributed by atoms with Crippen LogP contribution < -0.4 is 0 Å². The molecule has 1 aliphatic rings. The summed E-state index contributed by atoms with van der Waals surface area (Å²) in [5.41, 5.74) is 3.26. The van der Waals surface area contributed by atoms with Crippen LogP contribution in [0.3, 0.4) is 0 Å². The second-order valence-electron chi connectivity index (χ2n) is 6.78. The fraction of sp³-hybridized carbons (Fsp3) is 0.500. The van der Waals surface area contributed by atoms with Crippen LogP contribution in [0, 0.1) is 11.8 Å². The van der Waals surface area contributed by atoms with E-state index in [0.29, 0.717) is 5.92 Å². The van der Waals surface area contributed by atoms with E-state index >= 15 is 0 Å². The molecule has 106 valence electrons. The Labute approximate surface area is 123 Å². The maximum atomic E-state index is 2.43. The maximum Gasteiger partial charge on any atom is -0.0125 e. The number of hydrogen-bond donors (Lipinski definition) is 0. The summed E-state index contributed by atoms with van der Waals surface area (Å²) in [6.07, 6.45) is 2.62. The van der Waals surface area contributed by atoms with Gasteiger partial charge in [0.1, 0.15) is 0 Å². The summed E-state index contributed by atoms with van der Waals surface area (Å²) >= 11 is 0. The van der Waals surface area contributed by atoms with E-state index in [0.717, 1.165) is 17.8 Å². The molecule has 0 saturated heterocycles. The van der Waals surface area contributed by atoms with Crippen LogP contribution >= 0.6 is 0 Å². The fourth-order valence-electron chi connectivity index (χ4n) is 3.95. The molecule has 4 atom stereocenters. The van der Waals surface area contributed by atoms with Crippen molar-refractivity contribution in [3.8, 4) is 0 Å². The van der Waals surface area contributed by atoms with Gasteiger partial charge in [0, 0.05) is 0 Å². The molecular formula is C20H26. The molecule has 0 aromatic heterocycles. The van der Waals surface area contributed by atoms with Crippen molar-refractivity contribution in [3.63, 3.8) is 0 Å². The lowest BCUT2D eigenvalue weighted by Crippen LogP contribution is -2.24. The Kier molecular flexibility index (Phi) is 3.58. The van der Waals surface area contributed by atoms with Crippen molar-refractivity contribution < 1.29 is 0 Å². The Morgan fingerprint density at radius 2 is 1.85 bits per heavy atom. The van der Waals surface area contributed by atoms with E-state index in [1.165, 1.54) is 23.6 Å². The van der Waals surface area contributed by atoms with Crippen molar-refractivity contribution in [1.82, 2.24) is 0 Å². The third kappa shape index (κ3) is 2.06. The van der Waals surface area contributed by atoms with Crippen molar-refractivity contribution in [2.45, 2.75) is 52.4 Å². The first kappa shape index (κ1) is 13.7. The second-order valence-corrected chi connectivity index (χ2v) is 6.78. The van der Waals surface area contributed by atoms with Gasteiger partial charge in [-0.05, 0) is 52.0 Å². The molecule has 20 heavy (non-hydrogen) atoms. The van der Waals surface area contributed by atoms with Gasteiger partial charge >= 0.3 is 0 Å². The molecule has 0 spiro atoms. The Balaban J connectivity index is 2.26. The smallest absolute Gasteiger partial charge is 0.0125 e. The molecule has 1 aliphatic carbocycles. The maximum absolute atomic E-state index is 2.43. The first-order valence-corrected chi connectivity index (χ1v) is 8.15. The van der Waals surface area contributed by atoms with Gasteiger partial charge in [0.25, 0.3) is 0 Å². The summed E-state index contributed by atoms with van der Waals surface area (Å²) in [5, 5.41) is 2.90. The van der Waals surface area contributed by atoms with E-state index in [2.05, 4.69) is 64.1 Å². The first-order valence-electron chi connectivity index (χ1n) is 8.15. The molecule has 0 aliphatic heterocycles. The molecule has 0 radical (unpaired) electrons. The summed E-state index contributed by atoms with van der Waals surface area (Å²) in [5.74, 6) is 2.99. The van der Waals surface area contributed by atoms with E-state index in [4.69, 9.17) is 0 Å². The minimum absolute atomic E-state index is 0.690. The van der Waals surface area contributed by atoms with Crippen LogP contribution in [0.25, 0.3) is 10.8 Å². The van der Waals surface area contributed by atoms with E-state index in [1.807, 2.05) is 0 Å². The highest BCUT2D eigenvalue weighted by molar-refractivity contribution is 5.87. The van der Waals surface area contributed by atoms with Crippen LogP contribution in [0.2, 0.25) is 0 Å². The summed E-state index contributed by atoms with van der Waals surface area (Å²) in [4.78, 5) is 0. The Morgan fingerprint density at radius 1 is 1.10 bits per heavy atom. The van der Waals surface area contributed by atoms with Gasteiger partial charge in [0.15, 0.2) is 0 Å². The van der Waals surface area contributed by atoms with Gasteiger partial charge < -0.3 is 0 Å². The van der Waals surface area contributed by atoms with Gasteiger partial charge in [-0.25, -0.2) is 0 Å². The monoisotopic (exact) mass is 266 g/mol. The van der Waals surface area contributed by atoms with Crippen LogP contribution in [0.1, 0.15) is 63.5 Å². The van der Waals surface area contributed by atoms with Gasteiger partial charge in [0.05, 0.1) is 0 Å². The van der Waals surface area contributed by atoms with Crippen LogP contribution in [0.5, 0.6) is 0 Å². The summed E-state index contributed by atoms with van der Waals surface area (Å²) in [6.45, 7) is 9.60. The molecular weight excluding hydrogens is 240 g/mol. The zero-order valence-electron chi connectivity index (χ0n) is 13.2. The third-order valence-electron chi connectivity index (χ3n) is 5.68. The predicted molar refractivity (Wildman–Crippen MR) is 88.3 cm³/mol. The average molecular weight is 266 g/mol. The van der Waals surface area contributed by atoms with Crippen LogP contribution in [0.15, 0.2) is 36.4 Å². The molecule has 4 unspecified atom stereocenters. The molecule has 2 aromatic carbocycles. The molecule has 2 aromatic rings. The minimum atomic E-state index is 0.690. The van der Waals surface area contributed by atoms with E-state index in [9.17, 15) is 0 Å². The lowest BCUT2D eigenvalue weighted by Gasteiger charge is -2.38. The van der Waals surface area contributed by atoms with Crippen LogP contribution in [0.4, 0.5) is 0 Å². The number of hydrogen-bond acceptors (Lipinski definition) is 0. The van der Waals surface area contributed by atoms with E-state index < -0.39 is 0 Å². The number of benzene rings is 2. The quantitative estimate of drug-likeness (QED) is 0.615. The normalized spacial score (nSPS) is 27.3. The third-order valence-corrected chi connectivity index (χ3v) is 5.68. The van der Waals surface area contributed by atoms with Gasteiger partial charge in [-0.2, -0.15) is 0 Å². The highest BCUT2D eigenvalue weighted by atomic mass is 14.4. The van der Waals surface area contributed by atoms with Crippen molar-refractivity contribution in [1.29, 1.82) is 0 Å². The van der Waals surface area contributed by atoms with Crippen molar-refractivity contribution in [3.05, 3.63) is 47.5 Å². The topological polar surface area (TPSA) is 0 Å². The second kappa shape index (κ2) is 5.24. The Hall–Kier alpha value is -1.30. The van der Waals surface area contributed by atoms with Gasteiger partial charge in [0.2, 0.25) is 0 Å². The summed E-state index contributed by atoms with van der Waals surface area (Å²) in [6, 6.07) is 13.6. The minimum Gasteiger partial charge on any atom is -0.0651 e. The Bertz CT molecular complexity index is 610. The zero-order valence-corrected chi connectivity index (χ0v) is 13.2. The highest BCUT2D eigenvalue weighted by Crippen LogP contribution is 2.48. The van der Waals surface area contributed by atoms with E-state index in [1.54, 1.807) is 11.1 Å². The Morgan fingerprint density at radius 3 is 2.60 bits per heavy atom. The van der Waals surface area contributed by atoms with Gasteiger partial charge in [-0.3, -0.25) is 0 Å². The van der Waals surface area contributed by atoms with Crippen LogP contribution in [-0.4, -0.2) is 0 Å². The fourth-order valence-corrected chi connectivity index (χ4v) is 3.95. The van der Waals surface area contributed by atoms with Gasteiger partial charge in [-0.15, -0.1) is 0 Å². The molecule has 0 heterocycles. The predicted octanol–water partition coefficient (Wildman–Crippen LogP) is 6.11. The molecule has 3 rings (SSSR count). The average Bonchev–Trinajstić information content (AvgIpc) is 2.49. The molecule has 0 fully saturated rings. The first-order chi connectivity index (χ1) is 9.63. The van der Waals surface area contributed by atoms with Crippen molar-refractivity contribution >= 4 is 10.8 Å².